The van der Waals surface area contributed by atoms with Gasteiger partial charge in [-0.3, -0.25) is 4.79 Å². The van der Waals surface area contributed by atoms with E-state index in [1.165, 1.54) is 0 Å². The molecule has 0 aliphatic rings. The third-order valence-corrected chi connectivity index (χ3v) is 4.78. The van der Waals surface area contributed by atoms with Gasteiger partial charge in [-0.25, -0.2) is 0 Å². The van der Waals surface area contributed by atoms with Gasteiger partial charge in [0.15, 0.2) is 0 Å². The molecule has 8 nitrogen and oxygen atoms in total. The van der Waals surface area contributed by atoms with E-state index in [2.05, 4.69) is 15.5 Å². The van der Waals surface area contributed by atoms with Crippen LogP contribution in [0, 0.1) is 0 Å². The Balaban J connectivity index is 1.68. The number of amides is 1. The third kappa shape index (κ3) is 3.71. The molecule has 4 aromatic rings. The second-order valence-electron chi connectivity index (χ2n) is 6.64. The Bertz CT molecular complexity index is 1200. The van der Waals surface area contributed by atoms with Crippen molar-refractivity contribution in [3.05, 3.63) is 54.4 Å². The van der Waals surface area contributed by atoms with Crippen molar-refractivity contribution in [3.8, 4) is 23.1 Å². The number of hydrogen-bond acceptors (Lipinski definition) is 6. The fourth-order valence-corrected chi connectivity index (χ4v) is 3.30. The predicted molar refractivity (Wildman–Crippen MR) is 113 cm³/mol. The van der Waals surface area contributed by atoms with Gasteiger partial charge in [0.25, 0.3) is 5.89 Å². The van der Waals surface area contributed by atoms with Crippen molar-refractivity contribution in [2.45, 2.75) is 19.9 Å². The van der Waals surface area contributed by atoms with Crippen LogP contribution in [0.3, 0.4) is 0 Å². The molecule has 4 rings (SSSR count). The van der Waals surface area contributed by atoms with Crippen molar-refractivity contribution >= 4 is 22.5 Å². The molecular weight excluding hydrogens is 384 g/mol. The van der Waals surface area contributed by atoms with Crippen molar-refractivity contribution in [1.82, 2.24) is 14.8 Å². The van der Waals surface area contributed by atoms with E-state index in [-0.39, 0.29) is 12.5 Å². The Labute approximate surface area is 173 Å². The summed E-state index contributed by atoms with van der Waals surface area (Å²) < 4.78 is 18.2. The van der Waals surface area contributed by atoms with Crippen LogP contribution in [0.5, 0.6) is 11.5 Å². The number of hydrogen-bond donors (Lipinski definition) is 1. The van der Waals surface area contributed by atoms with Crippen molar-refractivity contribution < 1.29 is 18.7 Å². The van der Waals surface area contributed by atoms with Crippen LogP contribution < -0.4 is 14.8 Å². The molecule has 0 saturated carbocycles. The number of anilines is 1. The Kier molecular flexibility index (Phi) is 5.38. The SMILES string of the molecule is CCc1nnc(-c2cc3ccccc3n2CC(=O)Nc2cc(OC)ccc2OC)o1. The van der Waals surface area contributed by atoms with Gasteiger partial charge in [-0.2, -0.15) is 0 Å². The molecule has 1 N–H and O–H groups in total. The number of benzene rings is 2. The first kappa shape index (κ1) is 19.5. The van der Waals surface area contributed by atoms with Gasteiger partial charge in [-0.15, -0.1) is 10.2 Å². The van der Waals surface area contributed by atoms with E-state index in [1.54, 1.807) is 32.4 Å². The minimum atomic E-state index is -0.223. The molecule has 0 fully saturated rings. The highest BCUT2D eigenvalue weighted by Crippen LogP contribution is 2.30. The smallest absolute Gasteiger partial charge is 0.264 e. The van der Waals surface area contributed by atoms with Gasteiger partial charge in [0.2, 0.25) is 11.8 Å². The van der Waals surface area contributed by atoms with Crippen LogP contribution >= 0.6 is 0 Å². The minimum absolute atomic E-state index is 0.0625. The van der Waals surface area contributed by atoms with Gasteiger partial charge in [-0.1, -0.05) is 25.1 Å². The maximum absolute atomic E-state index is 12.9. The van der Waals surface area contributed by atoms with Crippen LogP contribution in [0.25, 0.3) is 22.5 Å². The van der Waals surface area contributed by atoms with Gasteiger partial charge in [0.05, 0.1) is 19.9 Å². The summed E-state index contributed by atoms with van der Waals surface area (Å²) in [6.45, 7) is 2.01. The highest BCUT2D eigenvalue weighted by atomic mass is 16.5. The molecule has 2 aromatic heterocycles. The molecule has 154 valence electrons. The Hall–Kier alpha value is -3.81. The fourth-order valence-electron chi connectivity index (χ4n) is 3.30. The molecule has 30 heavy (non-hydrogen) atoms. The molecule has 0 bridgehead atoms. The third-order valence-electron chi connectivity index (χ3n) is 4.78. The zero-order valence-electron chi connectivity index (χ0n) is 17.0. The number of aryl methyl sites for hydroxylation is 1. The van der Waals surface area contributed by atoms with E-state index in [4.69, 9.17) is 13.9 Å². The summed E-state index contributed by atoms with van der Waals surface area (Å²) in [5.74, 6) is 1.88. The molecule has 2 heterocycles. The Morgan fingerprint density at radius 3 is 2.67 bits per heavy atom. The van der Waals surface area contributed by atoms with Gasteiger partial charge in [-0.05, 0) is 24.3 Å². The van der Waals surface area contributed by atoms with Gasteiger partial charge in [0, 0.05) is 23.4 Å². The zero-order valence-corrected chi connectivity index (χ0v) is 17.0. The second kappa shape index (κ2) is 8.28. The van der Waals surface area contributed by atoms with Crippen molar-refractivity contribution in [3.63, 3.8) is 0 Å². The first-order chi connectivity index (χ1) is 14.6. The van der Waals surface area contributed by atoms with Crippen LogP contribution in [0.15, 0.2) is 52.9 Å². The van der Waals surface area contributed by atoms with Gasteiger partial charge < -0.3 is 23.8 Å². The fraction of sp³-hybridized carbons (Fsp3) is 0.227. The quantitative estimate of drug-likeness (QED) is 0.500. The molecule has 0 saturated heterocycles. The van der Waals surface area contributed by atoms with Crippen LogP contribution in [-0.2, 0) is 17.8 Å². The molecule has 0 aliphatic carbocycles. The zero-order chi connectivity index (χ0) is 21.1. The van der Waals surface area contributed by atoms with Crippen molar-refractivity contribution in [2.24, 2.45) is 0 Å². The van der Waals surface area contributed by atoms with Crippen LogP contribution in [-0.4, -0.2) is 34.9 Å². The number of nitrogens with zero attached hydrogens (tertiary/aromatic N) is 3. The number of aromatic nitrogens is 3. The second-order valence-corrected chi connectivity index (χ2v) is 6.64. The molecular formula is C22H22N4O4. The number of nitrogens with one attached hydrogen (secondary N) is 1. The topological polar surface area (TPSA) is 91.4 Å². The first-order valence-corrected chi connectivity index (χ1v) is 9.55. The monoisotopic (exact) mass is 406 g/mol. The molecule has 2 aromatic carbocycles. The largest absolute Gasteiger partial charge is 0.497 e. The molecule has 0 unspecified atom stereocenters. The summed E-state index contributed by atoms with van der Waals surface area (Å²) in [5, 5.41) is 12.1. The number of para-hydroxylation sites is 1. The Morgan fingerprint density at radius 1 is 1.10 bits per heavy atom. The number of ether oxygens (including phenoxy) is 2. The van der Waals surface area contributed by atoms with Crippen LogP contribution in [0.1, 0.15) is 12.8 Å². The normalized spacial score (nSPS) is 10.9. The maximum Gasteiger partial charge on any atom is 0.264 e. The molecule has 0 aliphatic heterocycles. The minimum Gasteiger partial charge on any atom is -0.497 e. The van der Waals surface area contributed by atoms with E-state index in [9.17, 15) is 4.79 Å². The molecule has 0 radical (unpaired) electrons. The predicted octanol–water partition coefficient (Wildman–Crippen LogP) is 3.91. The lowest BCUT2D eigenvalue weighted by Crippen LogP contribution is -2.19. The first-order valence-electron chi connectivity index (χ1n) is 9.55. The van der Waals surface area contributed by atoms with Crippen molar-refractivity contribution in [1.29, 1.82) is 0 Å². The van der Waals surface area contributed by atoms with Gasteiger partial charge in [0.1, 0.15) is 23.7 Å². The van der Waals surface area contributed by atoms with E-state index in [0.29, 0.717) is 41.1 Å². The van der Waals surface area contributed by atoms with E-state index < -0.39 is 0 Å². The average Bonchev–Trinajstić information content (AvgIpc) is 3.38. The van der Waals surface area contributed by atoms with E-state index >= 15 is 0 Å². The number of carbonyl (C=O) groups excluding carboxylic acids is 1. The average molecular weight is 406 g/mol. The van der Waals surface area contributed by atoms with E-state index in [1.807, 2.05) is 41.8 Å². The standard InChI is InChI=1S/C22H22N4O4/c1-4-21-24-25-22(30-21)18-11-14-7-5-6-8-17(14)26(18)13-20(27)23-16-12-15(28-2)9-10-19(16)29-3/h5-12H,4,13H2,1-3H3,(H,23,27). The maximum atomic E-state index is 12.9. The number of fused-ring (bicyclic) bond motifs is 1. The summed E-state index contributed by atoms with van der Waals surface area (Å²) in [4.78, 5) is 12.9. The molecule has 1 amide bonds. The summed E-state index contributed by atoms with van der Waals surface area (Å²) in [7, 11) is 3.12. The van der Waals surface area contributed by atoms with Crippen molar-refractivity contribution in [2.75, 3.05) is 19.5 Å². The molecule has 0 spiro atoms. The number of carbonyl (C=O) groups is 1. The molecule has 8 heteroatoms. The number of rotatable bonds is 7. The van der Waals surface area contributed by atoms with Gasteiger partial charge >= 0.3 is 0 Å². The number of methoxy groups -OCH3 is 2. The van der Waals surface area contributed by atoms with E-state index in [0.717, 1.165) is 10.9 Å². The lowest BCUT2D eigenvalue weighted by Gasteiger charge is -2.13. The summed E-state index contributed by atoms with van der Waals surface area (Å²) in [6.07, 6.45) is 0.642. The lowest BCUT2D eigenvalue weighted by atomic mass is 10.2. The highest BCUT2D eigenvalue weighted by Gasteiger charge is 2.19. The summed E-state index contributed by atoms with van der Waals surface area (Å²) in [6, 6.07) is 15.0. The van der Waals surface area contributed by atoms with Crippen LogP contribution in [0.2, 0.25) is 0 Å². The molecule has 0 atom stereocenters. The summed E-state index contributed by atoms with van der Waals surface area (Å²) >= 11 is 0. The summed E-state index contributed by atoms with van der Waals surface area (Å²) in [5.41, 5.74) is 2.12. The van der Waals surface area contributed by atoms with Crippen LogP contribution in [0.4, 0.5) is 5.69 Å². The lowest BCUT2D eigenvalue weighted by molar-refractivity contribution is -0.116. The Morgan fingerprint density at radius 2 is 1.93 bits per heavy atom. The highest BCUT2D eigenvalue weighted by molar-refractivity contribution is 5.95.